The van der Waals surface area contributed by atoms with E-state index in [4.69, 9.17) is 4.74 Å². The lowest BCUT2D eigenvalue weighted by Crippen LogP contribution is -2.13. The van der Waals surface area contributed by atoms with Gasteiger partial charge in [0.15, 0.2) is 0 Å². The van der Waals surface area contributed by atoms with E-state index in [9.17, 15) is 13.2 Å². The second kappa shape index (κ2) is 7.17. The fourth-order valence-electron chi connectivity index (χ4n) is 1.82. The Labute approximate surface area is 120 Å². The van der Waals surface area contributed by atoms with E-state index < -0.39 is 11.7 Å². The zero-order valence-electron chi connectivity index (χ0n) is 11.1. The van der Waals surface area contributed by atoms with Gasteiger partial charge in [0.25, 0.3) is 0 Å². The van der Waals surface area contributed by atoms with Crippen LogP contribution in [0.2, 0.25) is 0 Å². The summed E-state index contributed by atoms with van der Waals surface area (Å²) in [6.07, 6.45) is -2.44. The van der Waals surface area contributed by atoms with Gasteiger partial charge < -0.3 is 4.74 Å². The van der Waals surface area contributed by atoms with E-state index in [1.807, 2.05) is 13.8 Å². The molecule has 1 nitrogen and oxygen atoms in total. The third-order valence-electron chi connectivity index (χ3n) is 2.81. The lowest BCUT2D eigenvalue weighted by molar-refractivity contribution is -0.139. The molecule has 0 amide bonds. The van der Waals surface area contributed by atoms with E-state index in [1.54, 1.807) is 6.07 Å². The molecule has 0 saturated heterocycles. The Hall–Kier alpha value is -0.710. The van der Waals surface area contributed by atoms with Crippen molar-refractivity contribution in [1.29, 1.82) is 0 Å². The second-order valence-corrected chi connectivity index (χ2v) is 5.23. The first-order chi connectivity index (χ1) is 8.88. The minimum Gasteiger partial charge on any atom is -0.493 e. The first kappa shape index (κ1) is 16.3. The van der Waals surface area contributed by atoms with Gasteiger partial charge in [-0.1, -0.05) is 42.3 Å². The third kappa shape index (κ3) is 5.05. The Kier molecular flexibility index (Phi) is 6.17. The fourth-order valence-corrected chi connectivity index (χ4v) is 2.16. The van der Waals surface area contributed by atoms with E-state index in [0.29, 0.717) is 17.5 Å². The molecule has 0 fully saturated rings. The van der Waals surface area contributed by atoms with Crippen molar-refractivity contribution in [3.05, 3.63) is 29.3 Å². The summed E-state index contributed by atoms with van der Waals surface area (Å²) in [6.45, 7) is 4.33. The highest BCUT2D eigenvalue weighted by molar-refractivity contribution is 9.08. The molecule has 19 heavy (non-hydrogen) atoms. The molecule has 0 aromatic heterocycles. The number of halogens is 4. The van der Waals surface area contributed by atoms with Gasteiger partial charge in [0.2, 0.25) is 0 Å². The maximum absolute atomic E-state index is 12.9. The summed E-state index contributed by atoms with van der Waals surface area (Å²) in [7, 11) is 0. The predicted octanol–water partition coefficient (Wildman–Crippen LogP) is 5.42. The molecule has 1 rings (SSSR count). The monoisotopic (exact) mass is 338 g/mol. The normalized spacial score (nSPS) is 13.4. The molecule has 5 heteroatoms. The third-order valence-corrected chi connectivity index (χ3v) is 3.46. The quantitative estimate of drug-likeness (QED) is 0.629. The number of rotatable bonds is 6. The SMILES string of the molecule is CCCC(C)COc1ccc(CBr)cc1C(F)(F)F. The molecule has 1 atom stereocenters. The van der Waals surface area contributed by atoms with Crippen molar-refractivity contribution in [1.82, 2.24) is 0 Å². The van der Waals surface area contributed by atoms with Gasteiger partial charge in [0, 0.05) is 5.33 Å². The van der Waals surface area contributed by atoms with Crippen molar-refractivity contribution in [2.24, 2.45) is 5.92 Å². The number of ether oxygens (including phenoxy) is 1. The Morgan fingerprint density at radius 1 is 1.32 bits per heavy atom. The highest BCUT2D eigenvalue weighted by atomic mass is 79.9. The van der Waals surface area contributed by atoms with Crippen LogP contribution in [0.4, 0.5) is 13.2 Å². The molecular weight excluding hydrogens is 321 g/mol. The van der Waals surface area contributed by atoms with Crippen LogP contribution in [0.15, 0.2) is 18.2 Å². The van der Waals surface area contributed by atoms with Crippen molar-refractivity contribution in [2.75, 3.05) is 6.61 Å². The lowest BCUT2D eigenvalue weighted by atomic mass is 10.1. The van der Waals surface area contributed by atoms with Gasteiger partial charge in [-0.2, -0.15) is 13.2 Å². The van der Waals surface area contributed by atoms with Gasteiger partial charge in [-0.15, -0.1) is 0 Å². The topological polar surface area (TPSA) is 9.23 Å². The summed E-state index contributed by atoms with van der Waals surface area (Å²) in [6, 6.07) is 4.18. The number of hydrogen-bond acceptors (Lipinski definition) is 1. The average molecular weight is 339 g/mol. The van der Waals surface area contributed by atoms with Crippen LogP contribution in [0, 0.1) is 5.92 Å². The van der Waals surface area contributed by atoms with Crippen LogP contribution in [-0.2, 0) is 11.5 Å². The summed E-state index contributed by atoms with van der Waals surface area (Å²) in [4.78, 5) is 0. The second-order valence-electron chi connectivity index (χ2n) is 4.67. The molecule has 108 valence electrons. The first-order valence-corrected chi connectivity index (χ1v) is 7.39. The highest BCUT2D eigenvalue weighted by Crippen LogP contribution is 2.37. The van der Waals surface area contributed by atoms with Crippen LogP contribution in [0.25, 0.3) is 0 Å². The van der Waals surface area contributed by atoms with Crippen molar-refractivity contribution < 1.29 is 17.9 Å². The van der Waals surface area contributed by atoms with Crippen LogP contribution >= 0.6 is 15.9 Å². The largest absolute Gasteiger partial charge is 0.493 e. The molecule has 0 aliphatic heterocycles. The predicted molar refractivity (Wildman–Crippen MR) is 73.6 cm³/mol. The maximum atomic E-state index is 12.9. The van der Waals surface area contributed by atoms with Crippen LogP contribution < -0.4 is 4.74 Å². The Morgan fingerprint density at radius 3 is 2.53 bits per heavy atom. The van der Waals surface area contributed by atoms with Gasteiger partial charge in [0.05, 0.1) is 12.2 Å². The van der Waals surface area contributed by atoms with Crippen LogP contribution in [0.5, 0.6) is 5.75 Å². The van der Waals surface area contributed by atoms with Gasteiger partial charge in [-0.25, -0.2) is 0 Å². The molecule has 0 bridgehead atoms. The summed E-state index contributed by atoms with van der Waals surface area (Å²) in [5.74, 6) is 0.169. The molecule has 0 N–H and O–H groups in total. The summed E-state index contributed by atoms with van der Waals surface area (Å²) in [5.41, 5.74) is -0.116. The zero-order chi connectivity index (χ0) is 14.5. The van der Waals surface area contributed by atoms with Gasteiger partial charge in [-0.05, 0) is 30.0 Å². The van der Waals surface area contributed by atoms with Crippen LogP contribution in [-0.4, -0.2) is 6.61 Å². The minimum atomic E-state index is -4.39. The zero-order valence-corrected chi connectivity index (χ0v) is 12.6. The van der Waals surface area contributed by atoms with Crippen molar-refractivity contribution in [2.45, 2.75) is 38.2 Å². The van der Waals surface area contributed by atoms with Crippen molar-refractivity contribution in [3.63, 3.8) is 0 Å². The van der Waals surface area contributed by atoms with Crippen molar-refractivity contribution in [3.8, 4) is 5.75 Å². The molecule has 0 aliphatic rings. The van der Waals surface area contributed by atoms with E-state index in [0.717, 1.165) is 18.9 Å². The van der Waals surface area contributed by atoms with E-state index in [2.05, 4.69) is 15.9 Å². The van der Waals surface area contributed by atoms with Crippen molar-refractivity contribution >= 4 is 15.9 Å². The van der Waals surface area contributed by atoms with Crippen LogP contribution in [0.3, 0.4) is 0 Å². The van der Waals surface area contributed by atoms with Gasteiger partial charge in [-0.3, -0.25) is 0 Å². The van der Waals surface area contributed by atoms with Gasteiger partial charge >= 0.3 is 6.18 Å². The van der Waals surface area contributed by atoms with Crippen LogP contribution in [0.1, 0.15) is 37.8 Å². The average Bonchev–Trinajstić information content (AvgIpc) is 2.35. The Balaban J connectivity index is 2.87. The van der Waals surface area contributed by atoms with E-state index in [1.165, 1.54) is 6.07 Å². The molecular formula is C14H18BrF3O. The number of alkyl halides is 4. The molecule has 0 heterocycles. The summed E-state index contributed by atoms with van der Waals surface area (Å²) in [5, 5.41) is 0.391. The molecule has 0 saturated carbocycles. The molecule has 1 aromatic rings. The maximum Gasteiger partial charge on any atom is 0.419 e. The van der Waals surface area contributed by atoms with Gasteiger partial charge in [0.1, 0.15) is 5.75 Å². The number of benzene rings is 1. The summed E-state index contributed by atoms with van der Waals surface area (Å²) < 4.78 is 44.2. The molecule has 1 aromatic carbocycles. The highest BCUT2D eigenvalue weighted by Gasteiger charge is 2.34. The smallest absolute Gasteiger partial charge is 0.419 e. The molecule has 0 spiro atoms. The molecule has 1 unspecified atom stereocenters. The Morgan fingerprint density at radius 2 is 2.00 bits per heavy atom. The fraction of sp³-hybridized carbons (Fsp3) is 0.571. The van der Waals surface area contributed by atoms with E-state index >= 15 is 0 Å². The first-order valence-electron chi connectivity index (χ1n) is 6.27. The standard InChI is InChI=1S/C14H18BrF3O/c1-3-4-10(2)9-19-13-6-5-11(8-15)7-12(13)14(16,17)18/h5-7,10H,3-4,8-9H2,1-2H3. The van der Waals surface area contributed by atoms with E-state index in [-0.39, 0.29) is 11.7 Å². The Bertz CT molecular complexity index is 404. The minimum absolute atomic E-state index is 0.0832. The molecule has 0 radical (unpaired) electrons. The summed E-state index contributed by atoms with van der Waals surface area (Å²) >= 11 is 3.16. The number of hydrogen-bond donors (Lipinski definition) is 0. The molecule has 0 aliphatic carbocycles. The lowest BCUT2D eigenvalue weighted by Gasteiger charge is -2.17.